The molecule has 0 amide bonds. The van der Waals surface area contributed by atoms with Crippen molar-refractivity contribution in [1.82, 2.24) is 0 Å². The summed E-state index contributed by atoms with van der Waals surface area (Å²) in [5.74, 6) is -2.00. The molecule has 1 N–H and O–H groups in total. The fraction of sp³-hybridized carbons (Fsp3) is 0.800. The minimum absolute atomic E-state index is 0.183. The highest BCUT2D eigenvalue weighted by Crippen LogP contribution is 2.18. The van der Waals surface area contributed by atoms with Gasteiger partial charge in [-0.25, -0.2) is 4.79 Å². The number of allylic oxidation sites excluding steroid dienone is 12. The van der Waals surface area contributed by atoms with E-state index >= 15 is 0 Å². The summed E-state index contributed by atoms with van der Waals surface area (Å²) in [6.45, 7) is 4.81. The fourth-order valence-electron chi connectivity index (χ4n) is 10.3. The number of carbonyl (C=O) groups is 3. The highest BCUT2D eigenvalue weighted by Gasteiger charge is 2.25. The van der Waals surface area contributed by atoms with Gasteiger partial charge in [0.25, 0.3) is 6.29 Å². The third-order valence-electron chi connectivity index (χ3n) is 15.7. The predicted octanol–water partition coefficient (Wildman–Crippen LogP) is 22.1. The van der Waals surface area contributed by atoms with Gasteiger partial charge in [-0.1, -0.05) is 324 Å². The Kier molecular flexibility index (Phi) is 63.1. The van der Waals surface area contributed by atoms with Crippen molar-refractivity contribution < 1.29 is 42.9 Å². The van der Waals surface area contributed by atoms with E-state index < -0.39 is 24.3 Å². The Morgan fingerprint density at radius 3 is 1.01 bits per heavy atom. The van der Waals surface area contributed by atoms with Gasteiger partial charge < -0.3 is 28.5 Å². The Morgan fingerprint density at radius 1 is 0.369 bits per heavy atom. The van der Waals surface area contributed by atoms with Crippen molar-refractivity contribution in [3.05, 3.63) is 72.9 Å². The first-order valence-electron chi connectivity index (χ1n) is 35.6. The molecule has 9 heteroatoms. The normalized spacial score (nSPS) is 13.1. The molecule has 2 atom stereocenters. The van der Waals surface area contributed by atoms with Gasteiger partial charge in [0, 0.05) is 12.8 Å². The molecule has 0 aromatic rings. The minimum Gasteiger partial charge on any atom is -0.477 e. The summed E-state index contributed by atoms with van der Waals surface area (Å²) >= 11 is 0. The van der Waals surface area contributed by atoms with Gasteiger partial charge in [0.1, 0.15) is 13.2 Å². The lowest BCUT2D eigenvalue weighted by Crippen LogP contribution is -2.40. The van der Waals surface area contributed by atoms with Crippen molar-refractivity contribution >= 4 is 17.9 Å². The molecule has 0 saturated carbocycles. The van der Waals surface area contributed by atoms with Crippen LogP contribution >= 0.6 is 0 Å². The molecule has 0 aliphatic heterocycles. The van der Waals surface area contributed by atoms with E-state index in [-0.39, 0.29) is 32.2 Å². The molecule has 0 aliphatic rings. The lowest BCUT2D eigenvalue weighted by atomic mass is 10.0. The van der Waals surface area contributed by atoms with E-state index in [1.54, 1.807) is 0 Å². The van der Waals surface area contributed by atoms with E-state index in [2.05, 4.69) is 86.8 Å². The van der Waals surface area contributed by atoms with Crippen LogP contribution in [0.15, 0.2) is 72.9 Å². The second-order valence-corrected chi connectivity index (χ2v) is 25.2. The second kappa shape index (κ2) is 65.7. The summed E-state index contributed by atoms with van der Waals surface area (Å²) in [6, 6.07) is 0. The van der Waals surface area contributed by atoms with Crippen molar-refractivity contribution in [2.75, 3.05) is 47.5 Å². The molecule has 0 bridgehead atoms. The fourth-order valence-corrected chi connectivity index (χ4v) is 10.3. The van der Waals surface area contributed by atoms with Gasteiger partial charge in [0.2, 0.25) is 0 Å². The van der Waals surface area contributed by atoms with Crippen LogP contribution < -0.4 is 0 Å². The molecule has 9 nitrogen and oxygen atoms in total. The van der Waals surface area contributed by atoms with E-state index in [0.29, 0.717) is 23.9 Å². The number of likely N-dealkylation sites (N-methyl/N-ethyl adjacent to an activating group) is 1. The lowest BCUT2D eigenvalue weighted by molar-refractivity contribution is -0.870. The van der Waals surface area contributed by atoms with Crippen molar-refractivity contribution in [2.45, 2.75) is 341 Å². The molecule has 0 aromatic carbocycles. The minimum atomic E-state index is -1.51. The number of carbonyl (C=O) groups excluding carboxylic acids is 2. The number of ether oxygens (including phenoxy) is 4. The van der Waals surface area contributed by atoms with Crippen LogP contribution in [0.1, 0.15) is 328 Å². The molecular weight excluding hydrogens is 1040 g/mol. The van der Waals surface area contributed by atoms with E-state index in [4.69, 9.17) is 18.9 Å². The monoisotopic (exact) mass is 1180 g/mol. The van der Waals surface area contributed by atoms with Crippen LogP contribution in [0.25, 0.3) is 0 Å². The third-order valence-corrected chi connectivity index (χ3v) is 15.7. The van der Waals surface area contributed by atoms with Gasteiger partial charge in [-0.15, -0.1) is 0 Å². The Labute approximate surface area is 519 Å². The molecule has 0 heterocycles. The van der Waals surface area contributed by atoms with Crippen molar-refractivity contribution in [3.8, 4) is 0 Å². The van der Waals surface area contributed by atoms with E-state index in [9.17, 15) is 19.5 Å². The first kappa shape index (κ1) is 80.7. The number of hydrogen-bond donors (Lipinski definition) is 1. The van der Waals surface area contributed by atoms with Gasteiger partial charge in [0.05, 0.1) is 34.4 Å². The number of unbranched alkanes of at least 4 members (excludes halogenated alkanes) is 39. The zero-order valence-corrected chi connectivity index (χ0v) is 55.8. The Balaban J connectivity index is 4.10. The van der Waals surface area contributed by atoms with E-state index in [1.165, 1.54) is 212 Å². The highest BCUT2D eigenvalue weighted by molar-refractivity contribution is 5.71. The molecule has 0 spiro atoms. The van der Waals surface area contributed by atoms with E-state index in [0.717, 1.165) is 83.5 Å². The maximum absolute atomic E-state index is 12.9. The predicted molar refractivity (Wildman–Crippen MR) is 359 cm³/mol. The summed E-state index contributed by atoms with van der Waals surface area (Å²) in [5.41, 5.74) is 0. The van der Waals surface area contributed by atoms with Crippen LogP contribution in [-0.4, -0.2) is 87.4 Å². The van der Waals surface area contributed by atoms with Crippen LogP contribution in [0, 0.1) is 0 Å². The number of esters is 2. The molecule has 2 unspecified atom stereocenters. The Bertz CT molecular complexity index is 1610. The number of aliphatic carboxylic acids is 1. The van der Waals surface area contributed by atoms with Crippen LogP contribution in [0.2, 0.25) is 0 Å². The van der Waals surface area contributed by atoms with Gasteiger partial charge in [-0.05, 0) is 64.2 Å². The standard InChI is InChI=1S/C75H135NO8/c1-6-8-10-12-14-16-18-20-22-24-26-28-30-32-34-36-38-39-41-43-45-47-49-51-53-55-57-59-61-63-65-72(77)82-69-71(70-83-75(74(79)80)81-68-67-76(3,4)5)84-73(78)66-64-62-60-58-56-54-52-50-48-46-44-42-40-37-35-33-31-29-27-25-23-21-19-17-15-13-11-9-7-2/h9,11,15,17,21,23,27,29,33,35,40,42,71,75H,6-8,10,12-14,16,18-20,22,24-26,28,30-32,34,36-39,41,43-70H2,1-5H3/p+1/b11-9-,17-15-,23-21-,29-27-,35-33-,42-40-. The summed E-state index contributed by atoms with van der Waals surface area (Å²) in [4.78, 5) is 37.6. The summed E-state index contributed by atoms with van der Waals surface area (Å²) in [6.07, 6.45) is 84.5. The molecule has 488 valence electrons. The van der Waals surface area contributed by atoms with Crippen LogP contribution in [0.5, 0.6) is 0 Å². The second-order valence-electron chi connectivity index (χ2n) is 25.2. The van der Waals surface area contributed by atoms with Crippen LogP contribution in [0.4, 0.5) is 0 Å². The van der Waals surface area contributed by atoms with E-state index in [1.807, 2.05) is 21.1 Å². The van der Waals surface area contributed by atoms with Gasteiger partial charge >= 0.3 is 17.9 Å². The number of nitrogens with zero attached hydrogens (tertiary/aromatic N) is 1. The van der Waals surface area contributed by atoms with Crippen molar-refractivity contribution in [2.24, 2.45) is 0 Å². The van der Waals surface area contributed by atoms with Gasteiger partial charge in [0.15, 0.2) is 6.10 Å². The first-order chi connectivity index (χ1) is 41.1. The number of carboxylic acid groups (broad SMARTS) is 1. The largest absolute Gasteiger partial charge is 0.477 e. The SMILES string of the molecule is CC/C=C\C/C=C\C/C=C\C/C=C\C/C=C\C/C=C\CCCCCCCCCCCCC(=O)OC(COC(=O)CCCCCCCCCCCCCCCCCCCCCCCCCCCCCCCC)COC(OCC[N+](C)(C)C)C(=O)O. The number of quaternary nitrogens is 1. The summed E-state index contributed by atoms with van der Waals surface area (Å²) in [7, 11) is 5.98. The quantitative estimate of drug-likeness (QED) is 0.0211. The molecule has 0 aliphatic carbocycles. The smallest absolute Gasteiger partial charge is 0.361 e. The van der Waals surface area contributed by atoms with Crippen molar-refractivity contribution in [3.63, 3.8) is 0 Å². The average Bonchev–Trinajstić information content (AvgIpc) is 3.55. The third kappa shape index (κ3) is 66.3. The maximum atomic E-state index is 12.9. The molecule has 0 fully saturated rings. The topological polar surface area (TPSA) is 108 Å². The molecule has 84 heavy (non-hydrogen) atoms. The Hall–Kier alpha value is -3.27. The molecule has 0 radical (unpaired) electrons. The maximum Gasteiger partial charge on any atom is 0.361 e. The molecule has 0 aromatic heterocycles. The number of rotatable bonds is 66. The molecule has 0 saturated heterocycles. The first-order valence-corrected chi connectivity index (χ1v) is 35.6. The Morgan fingerprint density at radius 2 is 0.679 bits per heavy atom. The zero-order valence-electron chi connectivity index (χ0n) is 55.8. The summed E-state index contributed by atoms with van der Waals surface area (Å²) in [5, 5.41) is 9.75. The highest BCUT2D eigenvalue weighted by atomic mass is 16.7. The van der Waals surface area contributed by atoms with Gasteiger partial charge in [-0.3, -0.25) is 9.59 Å². The van der Waals surface area contributed by atoms with Crippen LogP contribution in [-0.2, 0) is 33.3 Å². The number of carboxylic acids is 1. The van der Waals surface area contributed by atoms with Gasteiger partial charge in [-0.2, -0.15) is 0 Å². The zero-order chi connectivity index (χ0) is 61.2. The van der Waals surface area contributed by atoms with Crippen LogP contribution in [0.3, 0.4) is 0 Å². The summed E-state index contributed by atoms with van der Waals surface area (Å²) < 4.78 is 23.0. The molecular formula is C75H136NO8+. The molecule has 0 rings (SSSR count). The average molecular weight is 1180 g/mol. The van der Waals surface area contributed by atoms with Crippen molar-refractivity contribution in [1.29, 1.82) is 0 Å². The lowest BCUT2D eigenvalue weighted by Gasteiger charge is -2.25. The number of hydrogen-bond acceptors (Lipinski definition) is 7.